The Hall–Kier alpha value is -1.70. The molecule has 2 aromatic rings. The van der Waals surface area contributed by atoms with Gasteiger partial charge >= 0.3 is 5.97 Å². The van der Waals surface area contributed by atoms with Crippen molar-refractivity contribution in [2.24, 2.45) is 0 Å². The van der Waals surface area contributed by atoms with E-state index in [9.17, 15) is 13.2 Å². The van der Waals surface area contributed by atoms with Crippen LogP contribution in [0.3, 0.4) is 0 Å². The Bertz CT molecular complexity index is 887. The highest BCUT2D eigenvalue weighted by atomic mass is 32.2. The van der Waals surface area contributed by atoms with Crippen LogP contribution in [-0.4, -0.2) is 21.5 Å². The van der Waals surface area contributed by atoms with Crippen LogP contribution in [-0.2, 0) is 19.6 Å². The minimum Gasteiger partial charge on any atom is -0.469 e. The van der Waals surface area contributed by atoms with Crippen molar-refractivity contribution in [2.75, 3.05) is 7.11 Å². The van der Waals surface area contributed by atoms with Gasteiger partial charge in [0.1, 0.15) is 0 Å². The summed E-state index contributed by atoms with van der Waals surface area (Å²) in [5.41, 5.74) is 4.51. The Balaban J connectivity index is 2.51. The van der Waals surface area contributed by atoms with Gasteiger partial charge in [-0.25, -0.2) is 13.1 Å². The predicted molar refractivity (Wildman–Crippen MR) is 104 cm³/mol. The molecule has 0 aliphatic heterocycles. The summed E-state index contributed by atoms with van der Waals surface area (Å²) in [7, 11) is -2.52. The summed E-state index contributed by atoms with van der Waals surface area (Å²) >= 11 is 1.40. The second kappa shape index (κ2) is 7.90. The van der Waals surface area contributed by atoms with Crippen molar-refractivity contribution >= 4 is 27.3 Å². The van der Waals surface area contributed by atoms with Crippen LogP contribution in [0.5, 0.6) is 0 Å². The lowest BCUT2D eigenvalue weighted by Gasteiger charge is -2.22. The first-order chi connectivity index (χ1) is 12.1. The SMILES string of the molecule is COC(=O)CC(NS(=O)(=O)c1c(C)c(C)c(C)c(C)c1C)c1cccs1. The number of hydrogen-bond acceptors (Lipinski definition) is 5. The van der Waals surface area contributed by atoms with Gasteiger partial charge < -0.3 is 4.74 Å². The lowest BCUT2D eigenvalue weighted by Crippen LogP contribution is -2.31. The number of esters is 1. The topological polar surface area (TPSA) is 72.5 Å². The molecule has 0 saturated heterocycles. The number of ether oxygens (including phenoxy) is 1. The van der Waals surface area contributed by atoms with Gasteiger partial charge in [0.2, 0.25) is 10.0 Å². The molecule has 142 valence electrons. The molecule has 0 bridgehead atoms. The predicted octanol–water partition coefficient (Wildman–Crippen LogP) is 3.87. The summed E-state index contributed by atoms with van der Waals surface area (Å²) in [6.07, 6.45) is -0.0574. The summed E-state index contributed by atoms with van der Waals surface area (Å²) in [6.45, 7) is 9.51. The van der Waals surface area contributed by atoms with Crippen LogP contribution in [0.4, 0.5) is 0 Å². The van der Waals surface area contributed by atoms with Crippen molar-refractivity contribution in [2.45, 2.75) is 52.0 Å². The molecule has 0 radical (unpaired) electrons. The monoisotopic (exact) mass is 395 g/mol. The molecule has 0 aliphatic rings. The average molecular weight is 396 g/mol. The van der Waals surface area contributed by atoms with Crippen molar-refractivity contribution in [1.29, 1.82) is 0 Å². The van der Waals surface area contributed by atoms with Gasteiger partial charge in [-0.2, -0.15) is 0 Å². The molecule has 1 N–H and O–H groups in total. The normalized spacial score (nSPS) is 12.8. The van der Waals surface area contributed by atoms with Gasteiger partial charge in [0, 0.05) is 4.88 Å². The van der Waals surface area contributed by atoms with E-state index in [-0.39, 0.29) is 6.42 Å². The standard InChI is InChI=1S/C19H25NO4S2/c1-11-12(2)14(4)19(15(5)13(11)3)26(22,23)20-16(10-18(21)24-6)17-8-7-9-25-17/h7-9,16,20H,10H2,1-6H3. The highest BCUT2D eigenvalue weighted by Crippen LogP contribution is 2.31. The number of carbonyl (C=O) groups is 1. The fourth-order valence-electron chi connectivity index (χ4n) is 3.05. The molecule has 0 aliphatic carbocycles. The van der Waals surface area contributed by atoms with Crippen LogP contribution in [0.25, 0.3) is 0 Å². The largest absolute Gasteiger partial charge is 0.469 e. The highest BCUT2D eigenvalue weighted by Gasteiger charge is 2.28. The van der Waals surface area contributed by atoms with Crippen LogP contribution in [0.2, 0.25) is 0 Å². The molecule has 5 nitrogen and oxygen atoms in total. The first-order valence-corrected chi connectivity index (χ1v) is 10.7. The third-order valence-electron chi connectivity index (χ3n) is 4.98. The van der Waals surface area contributed by atoms with Crippen molar-refractivity contribution in [3.63, 3.8) is 0 Å². The molecule has 7 heteroatoms. The van der Waals surface area contributed by atoms with E-state index < -0.39 is 22.0 Å². The van der Waals surface area contributed by atoms with Gasteiger partial charge in [-0.15, -0.1) is 11.3 Å². The van der Waals surface area contributed by atoms with Gasteiger partial charge in [0.05, 0.1) is 24.5 Å². The fourth-order valence-corrected chi connectivity index (χ4v) is 5.72. The van der Waals surface area contributed by atoms with E-state index in [1.54, 1.807) is 0 Å². The van der Waals surface area contributed by atoms with E-state index in [0.29, 0.717) is 4.90 Å². The lowest BCUT2D eigenvalue weighted by atomic mass is 9.95. The Labute approximate surface area is 159 Å². The minimum absolute atomic E-state index is 0.0574. The Morgan fingerprint density at radius 2 is 1.62 bits per heavy atom. The first-order valence-electron chi connectivity index (χ1n) is 8.29. The molecular weight excluding hydrogens is 370 g/mol. The van der Waals surface area contributed by atoms with Crippen LogP contribution >= 0.6 is 11.3 Å². The summed E-state index contributed by atoms with van der Waals surface area (Å²) < 4.78 is 33.9. The number of sulfonamides is 1. The number of nitrogens with one attached hydrogen (secondary N) is 1. The van der Waals surface area contributed by atoms with E-state index in [4.69, 9.17) is 4.74 Å². The maximum atomic E-state index is 13.2. The Morgan fingerprint density at radius 1 is 1.08 bits per heavy atom. The molecule has 1 atom stereocenters. The number of rotatable bonds is 6. The van der Waals surface area contributed by atoms with Crippen LogP contribution < -0.4 is 4.72 Å². The average Bonchev–Trinajstić information content (AvgIpc) is 3.11. The molecule has 1 heterocycles. The fraction of sp³-hybridized carbons (Fsp3) is 0.421. The Kier molecular flexibility index (Phi) is 6.26. The van der Waals surface area contributed by atoms with Gasteiger partial charge in [-0.05, 0) is 73.9 Å². The summed E-state index contributed by atoms with van der Waals surface area (Å²) in [5, 5.41) is 1.85. The smallest absolute Gasteiger partial charge is 0.307 e. The van der Waals surface area contributed by atoms with E-state index >= 15 is 0 Å². The Morgan fingerprint density at radius 3 is 2.08 bits per heavy atom. The van der Waals surface area contributed by atoms with Crippen molar-refractivity contribution in [3.05, 3.63) is 50.2 Å². The van der Waals surface area contributed by atoms with Crippen molar-refractivity contribution in [1.82, 2.24) is 4.72 Å². The summed E-state index contributed by atoms with van der Waals surface area (Å²) in [4.78, 5) is 12.8. The summed E-state index contributed by atoms with van der Waals surface area (Å²) in [6, 6.07) is 2.98. The molecule has 0 spiro atoms. The molecular formula is C19H25NO4S2. The summed E-state index contributed by atoms with van der Waals surface area (Å²) in [5.74, 6) is -0.462. The molecule has 1 aromatic carbocycles. The number of methoxy groups -OCH3 is 1. The van der Waals surface area contributed by atoms with E-state index in [2.05, 4.69) is 4.72 Å². The zero-order valence-electron chi connectivity index (χ0n) is 16.0. The highest BCUT2D eigenvalue weighted by molar-refractivity contribution is 7.89. The second-order valence-corrected chi connectivity index (χ2v) is 9.05. The maximum Gasteiger partial charge on any atom is 0.307 e. The van der Waals surface area contributed by atoms with Crippen molar-refractivity contribution in [3.8, 4) is 0 Å². The molecule has 0 amide bonds. The molecule has 0 fully saturated rings. The first kappa shape index (κ1) is 20.6. The van der Waals surface area contributed by atoms with Gasteiger partial charge in [-0.1, -0.05) is 6.07 Å². The molecule has 1 aromatic heterocycles. The zero-order valence-corrected chi connectivity index (χ0v) is 17.6. The van der Waals surface area contributed by atoms with E-state index in [1.165, 1.54) is 18.4 Å². The van der Waals surface area contributed by atoms with Gasteiger partial charge in [0.25, 0.3) is 0 Å². The molecule has 0 saturated carbocycles. The molecule has 1 unspecified atom stereocenters. The number of carbonyl (C=O) groups excluding carboxylic acids is 1. The van der Waals surface area contributed by atoms with Crippen LogP contribution in [0.1, 0.15) is 45.2 Å². The number of benzene rings is 1. The quantitative estimate of drug-likeness (QED) is 0.754. The molecule has 2 rings (SSSR count). The number of hydrogen-bond donors (Lipinski definition) is 1. The van der Waals surface area contributed by atoms with E-state index in [1.807, 2.05) is 52.1 Å². The van der Waals surface area contributed by atoms with Crippen molar-refractivity contribution < 1.29 is 17.9 Å². The zero-order chi connectivity index (χ0) is 19.6. The second-order valence-electron chi connectivity index (χ2n) is 6.42. The number of thiophene rings is 1. The van der Waals surface area contributed by atoms with E-state index in [0.717, 1.165) is 32.7 Å². The molecule has 26 heavy (non-hydrogen) atoms. The maximum absolute atomic E-state index is 13.2. The van der Waals surface area contributed by atoms with Gasteiger partial charge in [-0.3, -0.25) is 4.79 Å². The minimum atomic E-state index is -3.81. The third-order valence-corrected chi connectivity index (χ3v) is 7.71. The van der Waals surface area contributed by atoms with Crippen LogP contribution in [0.15, 0.2) is 22.4 Å². The third kappa shape index (κ3) is 4.00. The van der Waals surface area contributed by atoms with Crippen LogP contribution in [0, 0.1) is 34.6 Å². The lowest BCUT2D eigenvalue weighted by molar-refractivity contribution is -0.141. The van der Waals surface area contributed by atoms with Gasteiger partial charge in [0.15, 0.2) is 0 Å².